The Labute approximate surface area is 114 Å². The van der Waals surface area contributed by atoms with Crippen molar-refractivity contribution in [2.45, 2.75) is 37.1 Å². The van der Waals surface area contributed by atoms with Gasteiger partial charge in [0.1, 0.15) is 5.75 Å². The van der Waals surface area contributed by atoms with E-state index in [1.54, 1.807) is 7.11 Å². The van der Waals surface area contributed by atoms with E-state index in [1.807, 2.05) is 18.2 Å². The van der Waals surface area contributed by atoms with Gasteiger partial charge in [0, 0.05) is 0 Å². The summed E-state index contributed by atoms with van der Waals surface area (Å²) in [5.41, 5.74) is 0.888. The van der Waals surface area contributed by atoms with Gasteiger partial charge in [0.15, 0.2) is 5.78 Å². The summed E-state index contributed by atoms with van der Waals surface area (Å²) < 4.78 is 5.31. The Balaban J connectivity index is 2.04. The molecule has 1 aliphatic carbocycles. The van der Waals surface area contributed by atoms with Gasteiger partial charge in [-0.2, -0.15) is 0 Å². The highest BCUT2D eigenvalue weighted by molar-refractivity contribution is 5.96. The number of ether oxygens (including phenoxy) is 1. The number of rotatable bonds is 2. The second-order valence-electron chi connectivity index (χ2n) is 5.82. The number of hydrogen-bond donors (Lipinski definition) is 0. The highest BCUT2D eigenvalue weighted by Gasteiger charge is 2.51. The van der Waals surface area contributed by atoms with Crippen LogP contribution < -0.4 is 4.74 Å². The van der Waals surface area contributed by atoms with Crippen LogP contribution in [0.2, 0.25) is 0 Å². The number of likely N-dealkylation sites (N-methyl/N-ethyl adjacent to an activating group) is 1. The van der Waals surface area contributed by atoms with Crippen LogP contribution in [0.1, 0.15) is 31.2 Å². The van der Waals surface area contributed by atoms with Gasteiger partial charge in [-0.15, -0.1) is 0 Å². The van der Waals surface area contributed by atoms with Gasteiger partial charge >= 0.3 is 0 Å². The molecule has 2 fully saturated rings. The van der Waals surface area contributed by atoms with Crippen molar-refractivity contribution in [2.75, 3.05) is 20.7 Å². The normalized spacial score (nSPS) is 31.3. The van der Waals surface area contributed by atoms with E-state index in [0.29, 0.717) is 5.78 Å². The number of likely N-dealkylation sites (tertiary alicyclic amines) is 1. The number of carbonyl (C=O) groups is 1. The average Bonchev–Trinajstić information content (AvgIpc) is 2.70. The van der Waals surface area contributed by atoms with E-state index in [1.165, 1.54) is 0 Å². The van der Waals surface area contributed by atoms with Crippen molar-refractivity contribution in [1.29, 1.82) is 0 Å². The highest BCUT2D eigenvalue weighted by Crippen LogP contribution is 2.45. The number of benzene rings is 1. The molecule has 1 aromatic rings. The molecular weight excluding hydrogens is 238 g/mol. The van der Waals surface area contributed by atoms with Crippen molar-refractivity contribution in [2.24, 2.45) is 0 Å². The molecule has 1 saturated heterocycles. The van der Waals surface area contributed by atoms with Crippen LogP contribution in [0, 0.1) is 0 Å². The van der Waals surface area contributed by atoms with Crippen molar-refractivity contribution >= 4 is 5.78 Å². The Bertz CT molecular complexity index is 499. The topological polar surface area (TPSA) is 29.5 Å². The zero-order valence-corrected chi connectivity index (χ0v) is 11.7. The van der Waals surface area contributed by atoms with Crippen LogP contribution in [-0.4, -0.2) is 37.4 Å². The first kappa shape index (κ1) is 12.7. The fourth-order valence-electron chi connectivity index (χ4n) is 3.76. The maximum absolute atomic E-state index is 12.9. The minimum absolute atomic E-state index is 0.119. The molecule has 0 radical (unpaired) electrons. The minimum atomic E-state index is -0.260. The lowest BCUT2D eigenvalue weighted by molar-refractivity contribution is -0.125. The highest BCUT2D eigenvalue weighted by atomic mass is 16.5. The lowest BCUT2D eigenvalue weighted by Gasteiger charge is -2.27. The van der Waals surface area contributed by atoms with E-state index >= 15 is 0 Å². The lowest BCUT2D eigenvalue weighted by Crippen LogP contribution is -2.39. The Morgan fingerprint density at radius 1 is 1.37 bits per heavy atom. The van der Waals surface area contributed by atoms with E-state index < -0.39 is 0 Å². The molecule has 0 amide bonds. The summed E-state index contributed by atoms with van der Waals surface area (Å²) in [5, 5.41) is 0. The van der Waals surface area contributed by atoms with Crippen molar-refractivity contribution < 1.29 is 9.53 Å². The predicted molar refractivity (Wildman–Crippen MR) is 74.6 cm³/mol. The Kier molecular flexibility index (Phi) is 3.09. The molecule has 0 N–H and O–H groups in total. The van der Waals surface area contributed by atoms with E-state index in [4.69, 9.17) is 4.74 Å². The van der Waals surface area contributed by atoms with Crippen LogP contribution in [0.4, 0.5) is 0 Å². The summed E-state index contributed by atoms with van der Waals surface area (Å²) in [6.07, 6.45) is 4.04. The number of hydrogen-bond acceptors (Lipinski definition) is 3. The second kappa shape index (κ2) is 4.64. The summed E-state index contributed by atoms with van der Waals surface area (Å²) in [6.45, 7) is 1.03. The largest absolute Gasteiger partial charge is 0.497 e. The van der Waals surface area contributed by atoms with E-state index in [2.05, 4.69) is 18.0 Å². The molecule has 0 spiro atoms. The van der Waals surface area contributed by atoms with Gasteiger partial charge in [0.25, 0.3) is 0 Å². The van der Waals surface area contributed by atoms with Crippen molar-refractivity contribution in [3.8, 4) is 5.75 Å². The lowest BCUT2D eigenvalue weighted by atomic mass is 9.74. The Hall–Kier alpha value is -1.35. The first-order valence-corrected chi connectivity index (χ1v) is 7.06. The number of methoxy groups -OCH3 is 1. The number of fused-ring (bicyclic) bond motifs is 2. The van der Waals surface area contributed by atoms with Crippen LogP contribution in [0.3, 0.4) is 0 Å². The summed E-state index contributed by atoms with van der Waals surface area (Å²) in [7, 11) is 3.76. The van der Waals surface area contributed by atoms with Gasteiger partial charge in [-0.05, 0) is 57.0 Å². The summed E-state index contributed by atoms with van der Waals surface area (Å²) in [5.74, 6) is 1.27. The van der Waals surface area contributed by atoms with Crippen LogP contribution >= 0.6 is 0 Å². The third-order valence-electron chi connectivity index (χ3n) is 4.89. The predicted octanol–water partition coefficient (Wildman–Crippen LogP) is 2.39. The molecule has 3 rings (SSSR count). The maximum Gasteiger partial charge on any atom is 0.160 e. The standard InChI is InChI=1S/C16H21NO2/c1-17-10-4-8-16(9-7-14(17)15(16)18)12-5-3-6-13(11-12)19-2/h3,5-6,11,14H,4,7-10H2,1-2H3/t14-,16+/m0/s1. The van der Waals surface area contributed by atoms with Crippen LogP contribution in [0.5, 0.6) is 5.75 Å². The maximum atomic E-state index is 12.9. The fraction of sp³-hybridized carbons (Fsp3) is 0.562. The Morgan fingerprint density at radius 2 is 2.21 bits per heavy atom. The van der Waals surface area contributed by atoms with Crippen molar-refractivity contribution in [3.63, 3.8) is 0 Å². The molecule has 102 valence electrons. The van der Waals surface area contributed by atoms with Gasteiger partial charge in [-0.1, -0.05) is 12.1 Å². The second-order valence-corrected chi connectivity index (χ2v) is 5.82. The third-order valence-corrected chi connectivity index (χ3v) is 4.89. The van der Waals surface area contributed by atoms with E-state index in [9.17, 15) is 4.79 Å². The van der Waals surface area contributed by atoms with Crippen molar-refractivity contribution in [3.05, 3.63) is 29.8 Å². The molecule has 0 unspecified atom stereocenters. The SMILES string of the molecule is COc1cccc([C@@]23CCCN(C)[C@@H](CC2)C3=O)c1. The Morgan fingerprint density at radius 3 is 3.00 bits per heavy atom. The van der Waals surface area contributed by atoms with Gasteiger partial charge in [-0.3, -0.25) is 9.69 Å². The first-order chi connectivity index (χ1) is 9.17. The third kappa shape index (κ3) is 1.88. The molecule has 1 aromatic carbocycles. The van der Waals surface area contributed by atoms with Gasteiger partial charge in [-0.25, -0.2) is 0 Å². The smallest absolute Gasteiger partial charge is 0.160 e. The average molecular weight is 259 g/mol. The molecule has 3 heteroatoms. The molecule has 2 atom stereocenters. The van der Waals surface area contributed by atoms with Crippen LogP contribution in [-0.2, 0) is 10.2 Å². The van der Waals surface area contributed by atoms with Gasteiger partial charge < -0.3 is 4.74 Å². The number of carbonyl (C=O) groups excluding carboxylic acids is 1. The number of nitrogens with zero attached hydrogens (tertiary/aromatic N) is 1. The molecule has 1 heterocycles. The van der Waals surface area contributed by atoms with E-state index in [-0.39, 0.29) is 11.5 Å². The van der Waals surface area contributed by atoms with Crippen LogP contribution in [0.15, 0.2) is 24.3 Å². The zero-order valence-electron chi connectivity index (χ0n) is 11.7. The number of ketones is 1. The quantitative estimate of drug-likeness (QED) is 0.816. The molecule has 1 saturated carbocycles. The zero-order chi connectivity index (χ0) is 13.5. The molecule has 0 aromatic heterocycles. The molecule has 1 aliphatic heterocycles. The molecule has 19 heavy (non-hydrogen) atoms. The van der Waals surface area contributed by atoms with Crippen LogP contribution in [0.25, 0.3) is 0 Å². The number of Topliss-reactive ketones (excluding diaryl/α,β-unsaturated/α-hetero) is 1. The molecule has 2 aliphatic rings. The fourth-order valence-corrected chi connectivity index (χ4v) is 3.76. The summed E-state index contributed by atoms with van der Waals surface area (Å²) >= 11 is 0. The van der Waals surface area contributed by atoms with Crippen molar-refractivity contribution in [1.82, 2.24) is 4.90 Å². The minimum Gasteiger partial charge on any atom is -0.497 e. The summed E-state index contributed by atoms with van der Waals surface area (Å²) in [4.78, 5) is 15.1. The monoisotopic (exact) mass is 259 g/mol. The summed E-state index contributed by atoms with van der Waals surface area (Å²) in [6, 6.07) is 8.20. The first-order valence-electron chi connectivity index (χ1n) is 7.06. The van der Waals surface area contributed by atoms with E-state index in [0.717, 1.165) is 43.5 Å². The molecule has 2 bridgehead atoms. The molecule has 3 nitrogen and oxygen atoms in total. The molecular formula is C16H21NO2. The van der Waals surface area contributed by atoms with Gasteiger partial charge in [0.05, 0.1) is 18.6 Å². The van der Waals surface area contributed by atoms with Gasteiger partial charge in [0.2, 0.25) is 0 Å².